The number of pyridine rings is 1. The van der Waals surface area contributed by atoms with E-state index in [1.165, 1.54) is 0 Å². The van der Waals surface area contributed by atoms with E-state index >= 15 is 0 Å². The van der Waals surface area contributed by atoms with Gasteiger partial charge in [0.25, 0.3) is 0 Å². The molecule has 116 valence electrons. The molecule has 22 heavy (non-hydrogen) atoms. The zero-order valence-corrected chi connectivity index (χ0v) is 13.9. The third-order valence-corrected chi connectivity index (χ3v) is 4.34. The van der Waals surface area contributed by atoms with Crippen LogP contribution in [0.3, 0.4) is 0 Å². The summed E-state index contributed by atoms with van der Waals surface area (Å²) in [5.74, 6) is 0. The molecule has 0 aromatic carbocycles. The summed E-state index contributed by atoms with van der Waals surface area (Å²) >= 11 is 0. The van der Waals surface area contributed by atoms with Crippen LogP contribution in [0.25, 0.3) is 5.69 Å². The fourth-order valence-corrected chi connectivity index (χ4v) is 2.42. The van der Waals surface area contributed by atoms with E-state index in [9.17, 15) is 0 Å². The van der Waals surface area contributed by atoms with Gasteiger partial charge in [0.15, 0.2) is 0 Å². The summed E-state index contributed by atoms with van der Waals surface area (Å²) in [6, 6.07) is 3.94. The maximum atomic E-state index is 6.00. The van der Waals surface area contributed by atoms with Gasteiger partial charge in [0.2, 0.25) is 0 Å². The lowest BCUT2D eigenvalue weighted by molar-refractivity contribution is 0.00578. The number of rotatable bonds is 2. The third kappa shape index (κ3) is 2.55. The molecule has 0 atom stereocenters. The Bertz CT molecular complexity index is 675. The van der Waals surface area contributed by atoms with Crippen molar-refractivity contribution in [2.24, 2.45) is 0 Å². The second-order valence-electron chi connectivity index (χ2n) is 6.78. The van der Waals surface area contributed by atoms with Crippen molar-refractivity contribution in [1.82, 2.24) is 20.0 Å². The number of aryl methyl sites for hydroxylation is 2. The molecule has 1 saturated heterocycles. The number of nitrogens with zero attached hydrogens (tertiary/aromatic N) is 4. The van der Waals surface area contributed by atoms with E-state index in [2.05, 4.69) is 15.3 Å². The molecule has 0 amide bonds. The number of aromatic nitrogens is 4. The lowest BCUT2D eigenvalue weighted by atomic mass is 9.86. The normalized spacial score (nSPS) is 19.6. The Kier molecular flexibility index (Phi) is 3.38. The van der Waals surface area contributed by atoms with Gasteiger partial charge in [-0.05, 0) is 53.7 Å². The van der Waals surface area contributed by atoms with Gasteiger partial charge in [0, 0.05) is 11.4 Å². The van der Waals surface area contributed by atoms with Gasteiger partial charge in [-0.2, -0.15) is 0 Å². The minimum absolute atomic E-state index is 0.384. The van der Waals surface area contributed by atoms with Crippen molar-refractivity contribution >= 4 is 12.7 Å². The molecule has 0 N–H and O–H groups in total. The largest absolute Gasteiger partial charge is 0.518 e. The minimum Gasteiger partial charge on any atom is -0.398 e. The predicted molar refractivity (Wildman–Crippen MR) is 84.3 cm³/mol. The Morgan fingerprint density at radius 1 is 1.00 bits per heavy atom. The van der Waals surface area contributed by atoms with E-state index in [0.717, 1.165) is 17.1 Å². The number of hydrogen-bond acceptors (Lipinski definition) is 5. The summed E-state index contributed by atoms with van der Waals surface area (Å²) in [4.78, 5) is 4.37. The van der Waals surface area contributed by atoms with E-state index in [1.54, 1.807) is 4.68 Å². The fraction of sp³-hybridized carbons (Fsp3) is 0.533. The lowest BCUT2D eigenvalue weighted by Gasteiger charge is -2.32. The monoisotopic (exact) mass is 300 g/mol. The molecule has 1 fully saturated rings. The van der Waals surface area contributed by atoms with Crippen molar-refractivity contribution in [2.75, 3.05) is 0 Å². The predicted octanol–water partition coefficient (Wildman–Crippen LogP) is 1.58. The van der Waals surface area contributed by atoms with Crippen molar-refractivity contribution in [1.29, 1.82) is 0 Å². The van der Waals surface area contributed by atoms with Crippen LogP contribution in [0.15, 0.2) is 18.3 Å². The van der Waals surface area contributed by atoms with Crippen molar-refractivity contribution < 1.29 is 9.31 Å². The second kappa shape index (κ2) is 4.89. The lowest BCUT2D eigenvalue weighted by Crippen LogP contribution is -2.41. The molecule has 0 unspecified atom stereocenters. The molecule has 0 aliphatic carbocycles. The highest BCUT2D eigenvalue weighted by Crippen LogP contribution is 2.36. The van der Waals surface area contributed by atoms with Crippen LogP contribution in [-0.4, -0.2) is 38.3 Å². The smallest absolute Gasteiger partial charge is 0.398 e. The van der Waals surface area contributed by atoms with Gasteiger partial charge in [-0.25, -0.2) is 4.68 Å². The van der Waals surface area contributed by atoms with Crippen molar-refractivity contribution in [3.63, 3.8) is 0 Å². The van der Waals surface area contributed by atoms with E-state index in [1.807, 2.05) is 59.9 Å². The number of hydrogen-bond donors (Lipinski definition) is 0. The zero-order valence-electron chi connectivity index (χ0n) is 13.9. The summed E-state index contributed by atoms with van der Waals surface area (Å²) < 4.78 is 13.7. The molecule has 6 nitrogen and oxygen atoms in total. The molecule has 0 spiro atoms. The van der Waals surface area contributed by atoms with Gasteiger partial charge in [-0.3, -0.25) is 4.98 Å². The van der Waals surface area contributed by atoms with Crippen LogP contribution in [0, 0.1) is 13.8 Å². The minimum atomic E-state index is -0.497. The first kappa shape index (κ1) is 15.2. The SMILES string of the molecule is Cc1cc(-n2cc(B3OC(C)(C)C(C)(C)O3)nn2)cc(C)n1. The molecule has 2 aromatic rings. The summed E-state index contributed by atoms with van der Waals surface area (Å²) in [5, 5.41) is 8.40. The molecule has 0 saturated carbocycles. The summed E-state index contributed by atoms with van der Waals surface area (Å²) in [6.45, 7) is 12.0. The van der Waals surface area contributed by atoms with Crippen LogP contribution in [0.4, 0.5) is 0 Å². The molecular weight excluding hydrogens is 279 g/mol. The third-order valence-electron chi connectivity index (χ3n) is 4.34. The highest BCUT2D eigenvalue weighted by atomic mass is 16.7. The maximum Gasteiger partial charge on any atom is 0.518 e. The topological polar surface area (TPSA) is 62.1 Å². The van der Waals surface area contributed by atoms with Gasteiger partial charge < -0.3 is 9.31 Å². The van der Waals surface area contributed by atoms with Crippen molar-refractivity contribution in [3.8, 4) is 5.69 Å². The van der Waals surface area contributed by atoms with Crippen LogP contribution >= 0.6 is 0 Å². The van der Waals surface area contributed by atoms with Crippen molar-refractivity contribution in [3.05, 3.63) is 29.7 Å². The van der Waals surface area contributed by atoms with Crippen LogP contribution in [0.1, 0.15) is 39.1 Å². The van der Waals surface area contributed by atoms with Crippen molar-refractivity contribution in [2.45, 2.75) is 52.7 Å². The standard InChI is InChI=1S/C15H21BN4O2/c1-10-7-12(8-11(2)17-10)20-9-13(18-19-20)16-21-14(3,4)15(5,6)22-16/h7-9H,1-6H3. The average molecular weight is 300 g/mol. The average Bonchev–Trinajstić information content (AvgIpc) is 2.92. The highest BCUT2D eigenvalue weighted by Gasteiger charge is 2.52. The Hall–Kier alpha value is -1.73. The Morgan fingerprint density at radius 2 is 1.55 bits per heavy atom. The van der Waals surface area contributed by atoms with E-state index in [0.29, 0.717) is 5.59 Å². The fourth-order valence-electron chi connectivity index (χ4n) is 2.42. The first-order valence-electron chi connectivity index (χ1n) is 7.41. The molecule has 3 heterocycles. The Labute approximate surface area is 131 Å². The Morgan fingerprint density at radius 3 is 2.09 bits per heavy atom. The van der Waals surface area contributed by atoms with Crippen LogP contribution in [0.5, 0.6) is 0 Å². The molecular formula is C15H21BN4O2. The molecule has 1 aliphatic heterocycles. The summed E-state index contributed by atoms with van der Waals surface area (Å²) in [5.41, 5.74) is 2.73. The first-order valence-corrected chi connectivity index (χ1v) is 7.41. The zero-order chi connectivity index (χ0) is 16.1. The molecule has 3 rings (SSSR count). The van der Waals surface area contributed by atoms with Gasteiger partial charge in [0.05, 0.1) is 23.1 Å². The molecule has 0 radical (unpaired) electrons. The summed E-state index contributed by atoms with van der Waals surface area (Å²) in [7, 11) is -0.497. The second-order valence-corrected chi connectivity index (χ2v) is 6.78. The quantitative estimate of drug-likeness (QED) is 0.788. The molecule has 1 aliphatic rings. The van der Waals surface area contributed by atoms with Gasteiger partial charge in [-0.15, -0.1) is 5.10 Å². The van der Waals surface area contributed by atoms with E-state index in [4.69, 9.17) is 9.31 Å². The van der Waals surface area contributed by atoms with Gasteiger partial charge in [0.1, 0.15) is 5.59 Å². The molecule has 2 aromatic heterocycles. The van der Waals surface area contributed by atoms with E-state index < -0.39 is 7.12 Å². The van der Waals surface area contributed by atoms with Gasteiger partial charge >= 0.3 is 7.12 Å². The van der Waals surface area contributed by atoms with Gasteiger partial charge in [-0.1, -0.05) is 5.21 Å². The Balaban J connectivity index is 1.89. The van der Waals surface area contributed by atoms with E-state index in [-0.39, 0.29) is 11.2 Å². The molecule has 7 heteroatoms. The maximum absolute atomic E-state index is 6.00. The van der Waals surface area contributed by atoms with Crippen LogP contribution < -0.4 is 5.59 Å². The van der Waals surface area contributed by atoms with Crippen LogP contribution in [-0.2, 0) is 9.31 Å². The molecule has 0 bridgehead atoms. The highest BCUT2D eigenvalue weighted by molar-refractivity contribution is 6.61. The summed E-state index contributed by atoms with van der Waals surface area (Å²) in [6.07, 6.45) is 1.84. The van der Waals surface area contributed by atoms with Crippen LogP contribution in [0.2, 0.25) is 0 Å². The first-order chi connectivity index (χ1) is 10.2.